The molecule has 11 nitrogen and oxygen atoms in total. The number of ether oxygens (including phenoxy) is 2. The van der Waals surface area contributed by atoms with Gasteiger partial charge in [0, 0.05) is 17.7 Å². The van der Waals surface area contributed by atoms with Crippen molar-refractivity contribution in [2.75, 3.05) is 20.8 Å². The standard InChI is InChI=1S/C31H36N6O5/c1-20(21-8-6-9-21)36(18-24-17-35(34-33-24)16-23-11-12-25(41-2)15-27(23)42-3)28(38)19-37-29(39)31(32-30(37)40)14-13-22-7-4-5-10-26(22)31/h4-5,7,10-12,15,17,20-21H,6,8-9,13-14,16,18-19H2,1-3H3,(H,32,40)/t20-,31?/m0/s1. The summed E-state index contributed by atoms with van der Waals surface area (Å²) in [6.07, 6.45) is 6.22. The van der Waals surface area contributed by atoms with Gasteiger partial charge in [-0.1, -0.05) is 35.9 Å². The van der Waals surface area contributed by atoms with Crippen molar-refractivity contribution in [2.24, 2.45) is 5.92 Å². The topological polar surface area (TPSA) is 119 Å². The molecule has 220 valence electrons. The summed E-state index contributed by atoms with van der Waals surface area (Å²) in [4.78, 5) is 43.5. The van der Waals surface area contributed by atoms with E-state index in [1.165, 1.54) is 0 Å². The number of aromatic nitrogens is 3. The van der Waals surface area contributed by atoms with Crippen molar-refractivity contribution in [1.29, 1.82) is 0 Å². The monoisotopic (exact) mass is 572 g/mol. The van der Waals surface area contributed by atoms with Crippen LogP contribution in [0.2, 0.25) is 0 Å². The third kappa shape index (κ3) is 4.86. The van der Waals surface area contributed by atoms with E-state index >= 15 is 0 Å². The maximum absolute atomic E-state index is 13.8. The Morgan fingerprint density at radius 1 is 1.17 bits per heavy atom. The molecule has 2 fully saturated rings. The van der Waals surface area contributed by atoms with Gasteiger partial charge in [-0.2, -0.15) is 0 Å². The number of urea groups is 1. The van der Waals surface area contributed by atoms with Crippen LogP contribution in [0.15, 0.2) is 48.7 Å². The van der Waals surface area contributed by atoms with Crippen molar-refractivity contribution in [1.82, 2.24) is 30.1 Å². The van der Waals surface area contributed by atoms with Crippen LogP contribution < -0.4 is 14.8 Å². The fourth-order valence-corrected chi connectivity index (χ4v) is 6.42. The molecule has 1 aliphatic heterocycles. The molecule has 2 aromatic carbocycles. The van der Waals surface area contributed by atoms with Crippen molar-refractivity contribution >= 4 is 17.8 Å². The predicted molar refractivity (Wildman–Crippen MR) is 153 cm³/mol. The van der Waals surface area contributed by atoms with E-state index in [0.29, 0.717) is 42.5 Å². The first-order valence-corrected chi connectivity index (χ1v) is 14.4. The summed E-state index contributed by atoms with van der Waals surface area (Å²) in [6, 6.07) is 12.7. The largest absolute Gasteiger partial charge is 0.497 e. The van der Waals surface area contributed by atoms with E-state index in [1.807, 2.05) is 55.6 Å². The van der Waals surface area contributed by atoms with E-state index in [-0.39, 0.29) is 30.9 Å². The van der Waals surface area contributed by atoms with Gasteiger partial charge in [-0.3, -0.25) is 14.5 Å². The fraction of sp³-hybridized carbons (Fsp3) is 0.452. The molecule has 6 rings (SSSR count). The molecule has 42 heavy (non-hydrogen) atoms. The van der Waals surface area contributed by atoms with Crippen LogP contribution in [0.4, 0.5) is 4.79 Å². The number of carbonyl (C=O) groups excluding carboxylic acids is 3. The molecule has 2 atom stereocenters. The molecule has 0 bridgehead atoms. The highest BCUT2D eigenvalue weighted by Crippen LogP contribution is 2.41. The van der Waals surface area contributed by atoms with Gasteiger partial charge in [0.2, 0.25) is 5.91 Å². The van der Waals surface area contributed by atoms with Crippen LogP contribution in [-0.2, 0) is 34.6 Å². The number of nitrogens with one attached hydrogen (secondary N) is 1. The summed E-state index contributed by atoms with van der Waals surface area (Å²) < 4.78 is 12.5. The summed E-state index contributed by atoms with van der Waals surface area (Å²) in [5, 5.41) is 11.6. The Bertz CT molecular complexity index is 1520. The lowest BCUT2D eigenvalue weighted by atomic mass is 9.79. The molecular weight excluding hydrogens is 536 g/mol. The highest BCUT2D eigenvalue weighted by Gasteiger charge is 2.55. The molecule has 1 saturated heterocycles. The highest BCUT2D eigenvalue weighted by molar-refractivity contribution is 6.10. The number of amides is 4. The van der Waals surface area contributed by atoms with Gasteiger partial charge in [-0.25, -0.2) is 9.48 Å². The quantitative estimate of drug-likeness (QED) is 0.371. The Hall–Kier alpha value is -4.41. The number of fused-ring (bicyclic) bond motifs is 2. The third-order valence-corrected chi connectivity index (χ3v) is 9.10. The summed E-state index contributed by atoms with van der Waals surface area (Å²) in [5.74, 6) is 1.10. The molecule has 3 aliphatic rings. The smallest absolute Gasteiger partial charge is 0.325 e. The lowest BCUT2D eigenvalue weighted by Gasteiger charge is -2.39. The zero-order valence-electron chi connectivity index (χ0n) is 24.2. The predicted octanol–water partition coefficient (Wildman–Crippen LogP) is 3.25. The van der Waals surface area contributed by atoms with Crippen LogP contribution in [0, 0.1) is 5.92 Å². The maximum atomic E-state index is 13.8. The Labute approximate surface area is 244 Å². The van der Waals surface area contributed by atoms with E-state index in [2.05, 4.69) is 15.6 Å². The molecule has 0 radical (unpaired) electrons. The van der Waals surface area contributed by atoms with Crippen molar-refractivity contribution in [3.05, 3.63) is 71.0 Å². The van der Waals surface area contributed by atoms with Crippen molar-refractivity contribution in [3.63, 3.8) is 0 Å². The van der Waals surface area contributed by atoms with Crippen LogP contribution >= 0.6 is 0 Å². The molecule has 4 amide bonds. The normalized spacial score (nSPS) is 20.3. The summed E-state index contributed by atoms with van der Waals surface area (Å²) in [5.41, 5.74) is 2.31. The first-order valence-electron chi connectivity index (χ1n) is 14.4. The number of aryl methyl sites for hydroxylation is 1. The SMILES string of the molecule is COc1ccc(Cn2cc(CN(C(=O)CN3C(=O)NC4(CCc5ccccc54)C3=O)[C@@H](C)C3CCC3)nn2)c(OC)c1. The lowest BCUT2D eigenvalue weighted by molar-refractivity contribution is -0.142. The molecule has 3 aromatic rings. The summed E-state index contributed by atoms with van der Waals surface area (Å²) in [6.45, 7) is 2.38. The summed E-state index contributed by atoms with van der Waals surface area (Å²) >= 11 is 0. The van der Waals surface area contributed by atoms with Crippen LogP contribution in [0.1, 0.15) is 55.0 Å². The van der Waals surface area contributed by atoms with Crippen LogP contribution in [0.5, 0.6) is 11.5 Å². The van der Waals surface area contributed by atoms with Gasteiger partial charge in [0.1, 0.15) is 29.3 Å². The molecule has 1 unspecified atom stereocenters. The third-order valence-electron chi connectivity index (χ3n) is 9.10. The highest BCUT2D eigenvalue weighted by atomic mass is 16.5. The van der Waals surface area contributed by atoms with Gasteiger partial charge in [-0.05, 0) is 61.8 Å². The molecule has 11 heteroatoms. The zero-order valence-corrected chi connectivity index (χ0v) is 24.2. The number of benzene rings is 2. The van der Waals surface area contributed by atoms with Crippen molar-refractivity contribution in [3.8, 4) is 11.5 Å². The molecule has 1 aromatic heterocycles. The maximum Gasteiger partial charge on any atom is 0.325 e. The van der Waals surface area contributed by atoms with E-state index < -0.39 is 11.6 Å². The number of hydrogen-bond acceptors (Lipinski definition) is 7. The molecule has 2 heterocycles. The van der Waals surface area contributed by atoms with Crippen LogP contribution in [-0.4, -0.2) is 69.4 Å². The number of methoxy groups -OCH3 is 2. The number of nitrogens with zero attached hydrogens (tertiary/aromatic N) is 5. The number of hydrogen-bond donors (Lipinski definition) is 1. The minimum absolute atomic E-state index is 0.0694. The van der Waals surface area contributed by atoms with Gasteiger partial charge < -0.3 is 19.7 Å². The second-order valence-corrected chi connectivity index (χ2v) is 11.4. The zero-order chi connectivity index (χ0) is 29.4. The van der Waals surface area contributed by atoms with E-state index in [9.17, 15) is 14.4 Å². The Morgan fingerprint density at radius 3 is 2.71 bits per heavy atom. The van der Waals surface area contributed by atoms with Crippen molar-refractivity contribution in [2.45, 2.75) is 63.7 Å². The van der Waals surface area contributed by atoms with Gasteiger partial charge >= 0.3 is 6.03 Å². The van der Waals surface area contributed by atoms with Gasteiger partial charge in [0.25, 0.3) is 5.91 Å². The lowest BCUT2D eigenvalue weighted by Crippen LogP contribution is -2.49. The minimum atomic E-state index is -1.09. The average molecular weight is 573 g/mol. The average Bonchev–Trinajstić information content (AvgIpc) is 3.64. The number of carbonyl (C=O) groups is 3. The second-order valence-electron chi connectivity index (χ2n) is 11.4. The minimum Gasteiger partial charge on any atom is -0.497 e. The van der Waals surface area contributed by atoms with E-state index in [1.54, 1.807) is 23.8 Å². The fourth-order valence-electron chi connectivity index (χ4n) is 6.42. The van der Waals surface area contributed by atoms with Gasteiger partial charge in [-0.15, -0.1) is 5.10 Å². The van der Waals surface area contributed by atoms with Gasteiger partial charge in [0.15, 0.2) is 0 Å². The molecule has 1 saturated carbocycles. The Morgan fingerprint density at radius 2 is 1.98 bits per heavy atom. The molecular formula is C31H36N6O5. The first kappa shape index (κ1) is 27.7. The Kier molecular flexibility index (Phi) is 7.34. The first-order chi connectivity index (χ1) is 20.3. The Balaban J connectivity index is 1.19. The second kappa shape index (κ2) is 11.1. The van der Waals surface area contributed by atoms with E-state index in [4.69, 9.17) is 9.47 Å². The van der Waals surface area contributed by atoms with E-state index in [0.717, 1.165) is 40.9 Å². The van der Waals surface area contributed by atoms with Crippen LogP contribution in [0.25, 0.3) is 0 Å². The molecule has 1 N–H and O–H groups in total. The summed E-state index contributed by atoms with van der Waals surface area (Å²) in [7, 11) is 3.21. The number of imide groups is 1. The molecule has 2 aliphatic carbocycles. The van der Waals surface area contributed by atoms with Gasteiger partial charge in [0.05, 0.1) is 33.5 Å². The van der Waals surface area contributed by atoms with Crippen LogP contribution in [0.3, 0.4) is 0 Å². The van der Waals surface area contributed by atoms with Crippen molar-refractivity contribution < 1.29 is 23.9 Å². The number of rotatable bonds is 10. The molecule has 1 spiro atoms.